The molecule has 5 nitrogen and oxygen atoms in total. The smallest absolute Gasteiger partial charge is 0.345 e. The van der Waals surface area contributed by atoms with Gasteiger partial charge in [-0.15, -0.1) is 0 Å². The van der Waals surface area contributed by atoms with Gasteiger partial charge in [0.1, 0.15) is 7.85 Å². The molecule has 1 aliphatic rings. The van der Waals surface area contributed by atoms with Crippen LogP contribution in [0.4, 0.5) is 0 Å². The van der Waals surface area contributed by atoms with Gasteiger partial charge in [-0.3, -0.25) is 4.57 Å². The molecule has 94 valence electrons. The molecule has 0 aliphatic carbocycles. The van der Waals surface area contributed by atoms with E-state index in [0.717, 1.165) is 6.42 Å². The van der Waals surface area contributed by atoms with Crippen LogP contribution in [0, 0.1) is 0 Å². The predicted octanol–water partition coefficient (Wildman–Crippen LogP) is 0.372. The van der Waals surface area contributed by atoms with Gasteiger partial charge in [-0.05, 0) is 20.5 Å². The van der Waals surface area contributed by atoms with Gasteiger partial charge >= 0.3 is 7.67 Å². The molecular weight excluding hydrogens is 226 g/mol. The number of rotatable bonds is 4. The Hall–Kier alpha value is 0.135. The van der Waals surface area contributed by atoms with Crippen LogP contribution in [0.3, 0.4) is 0 Å². The van der Waals surface area contributed by atoms with E-state index in [9.17, 15) is 4.57 Å². The molecule has 3 atom stereocenters. The first kappa shape index (κ1) is 14.2. The zero-order valence-corrected chi connectivity index (χ0v) is 11.7. The molecule has 0 amide bonds. The Bertz CT molecular complexity index is 277. The van der Waals surface area contributed by atoms with Crippen LogP contribution < -0.4 is 0 Å². The van der Waals surface area contributed by atoms with Gasteiger partial charge in [0.2, 0.25) is 0 Å². The summed E-state index contributed by atoms with van der Waals surface area (Å²) in [5.41, 5.74) is 0. The lowest BCUT2D eigenvalue weighted by molar-refractivity contribution is -0.0314. The van der Waals surface area contributed by atoms with Gasteiger partial charge < -0.3 is 9.26 Å². The fourth-order valence-electron chi connectivity index (χ4n) is 1.98. The number of hydrogen-bond donors (Lipinski definition) is 0. The summed E-state index contributed by atoms with van der Waals surface area (Å²) in [6.07, 6.45) is 1.07. The lowest BCUT2D eigenvalue weighted by Gasteiger charge is -2.41. The van der Waals surface area contributed by atoms with Crippen molar-refractivity contribution >= 4 is 15.5 Å². The molecule has 2 unspecified atom stereocenters. The third-order valence-electron chi connectivity index (χ3n) is 2.86. The standard InChI is InChI=1S/C9H22BN2O3P/c1-5-8-6-12(7-9(10)15-8)16(13,14-4)11(2)3/h8-9H,5-7,10H2,1-4H3/t8?,9-,16?/m1/s1. The molecule has 1 fully saturated rings. The lowest BCUT2D eigenvalue weighted by Crippen LogP contribution is -2.47. The molecule has 0 radical (unpaired) electrons. The Labute approximate surface area is 99.0 Å². The van der Waals surface area contributed by atoms with E-state index in [-0.39, 0.29) is 12.1 Å². The van der Waals surface area contributed by atoms with Crippen LogP contribution in [0.15, 0.2) is 0 Å². The van der Waals surface area contributed by atoms with Gasteiger partial charge in [0.15, 0.2) is 0 Å². The van der Waals surface area contributed by atoms with Crippen LogP contribution in [-0.4, -0.2) is 63.6 Å². The average Bonchev–Trinajstić information content (AvgIpc) is 2.26. The molecule has 7 heteroatoms. The molecule has 0 aromatic heterocycles. The minimum absolute atomic E-state index is 0.0992. The van der Waals surface area contributed by atoms with Crippen molar-refractivity contribution in [2.24, 2.45) is 0 Å². The van der Waals surface area contributed by atoms with E-state index in [1.54, 1.807) is 18.8 Å². The maximum atomic E-state index is 12.6. The molecule has 0 spiro atoms. The van der Waals surface area contributed by atoms with Crippen LogP contribution in [0.1, 0.15) is 13.3 Å². The molecule has 0 bridgehead atoms. The Kier molecular flexibility index (Phi) is 5.01. The molecule has 1 rings (SSSR count). The zero-order valence-electron chi connectivity index (χ0n) is 10.8. The fraction of sp³-hybridized carbons (Fsp3) is 1.00. The first-order valence-corrected chi connectivity index (χ1v) is 7.21. The van der Waals surface area contributed by atoms with Crippen LogP contribution >= 0.6 is 7.67 Å². The zero-order chi connectivity index (χ0) is 12.3. The van der Waals surface area contributed by atoms with Gasteiger partial charge in [0, 0.05) is 26.2 Å². The maximum absolute atomic E-state index is 12.6. The fourth-order valence-corrected chi connectivity index (χ4v) is 3.87. The summed E-state index contributed by atoms with van der Waals surface area (Å²) in [7, 11) is 4.22. The van der Waals surface area contributed by atoms with Crippen molar-refractivity contribution in [1.29, 1.82) is 0 Å². The third kappa shape index (κ3) is 2.87. The largest absolute Gasteiger partial charge is 0.381 e. The highest BCUT2D eigenvalue weighted by molar-refractivity contribution is 7.53. The highest BCUT2D eigenvalue weighted by Crippen LogP contribution is 2.52. The highest BCUT2D eigenvalue weighted by atomic mass is 31.2. The lowest BCUT2D eigenvalue weighted by atomic mass is 9.98. The van der Waals surface area contributed by atoms with E-state index in [1.165, 1.54) is 7.11 Å². The van der Waals surface area contributed by atoms with Crippen molar-refractivity contribution in [2.75, 3.05) is 34.3 Å². The van der Waals surface area contributed by atoms with Gasteiger partial charge in [-0.2, -0.15) is 0 Å². The Morgan fingerprint density at radius 1 is 1.56 bits per heavy atom. The normalized spacial score (nSPS) is 31.6. The molecule has 16 heavy (non-hydrogen) atoms. The summed E-state index contributed by atoms with van der Waals surface area (Å²) >= 11 is 0. The SMILES string of the molecule is B[C@H]1CN(P(=O)(OC)N(C)C)CC(CC)O1. The minimum Gasteiger partial charge on any atom is -0.381 e. The number of ether oxygens (including phenoxy) is 1. The number of hydrogen-bond acceptors (Lipinski definition) is 3. The first-order valence-electron chi connectivity index (χ1n) is 5.68. The van der Waals surface area contributed by atoms with Crippen LogP contribution in [0.5, 0.6) is 0 Å². The third-order valence-corrected chi connectivity index (χ3v) is 5.39. The van der Waals surface area contributed by atoms with Gasteiger partial charge in [0.25, 0.3) is 0 Å². The van der Waals surface area contributed by atoms with Crippen molar-refractivity contribution in [1.82, 2.24) is 9.34 Å². The number of nitrogens with zero attached hydrogens (tertiary/aromatic N) is 2. The highest BCUT2D eigenvalue weighted by Gasteiger charge is 2.38. The molecule has 0 N–H and O–H groups in total. The summed E-state index contributed by atoms with van der Waals surface area (Å²) in [6, 6.07) is 0.0992. The molecule has 1 aliphatic heterocycles. The summed E-state index contributed by atoms with van der Waals surface area (Å²) in [5.74, 6) is 0. The second kappa shape index (κ2) is 5.65. The summed E-state index contributed by atoms with van der Waals surface area (Å²) in [6.45, 7) is 3.40. The van der Waals surface area contributed by atoms with E-state index < -0.39 is 7.67 Å². The van der Waals surface area contributed by atoms with Crippen LogP contribution in [-0.2, 0) is 13.8 Å². The topological polar surface area (TPSA) is 42.0 Å². The monoisotopic (exact) mass is 248 g/mol. The molecule has 0 aromatic rings. The van der Waals surface area contributed by atoms with Crippen LogP contribution in [0.25, 0.3) is 0 Å². The summed E-state index contributed by atoms with van der Waals surface area (Å²) < 4.78 is 27.2. The van der Waals surface area contributed by atoms with E-state index >= 15 is 0 Å². The predicted molar refractivity (Wildman–Crippen MR) is 67.4 cm³/mol. The molecule has 1 saturated heterocycles. The Morgan fingerprint density at radius 2 is 2.19 bits per heavy atom. The van der Waals surface area contributed by atoms with E-state index in [1.807, 2.05) is 12.5 Å². The molecule has 1 heterocycles. The van der Waals surface area contributed by atoms with Crippen molar-refractivity contribution < 1.29 is 13.8 Å². The van der Waals surface area contributed by atoms with Gasteiger partial charge in [-0.1, -0.05) is 6.92 Å². The van der Waals surface area contributed by atoms with Crippen LogP contribution in [0.2, 0.25) is 0 Å². The Balaban J connectivity index is 2.81. The molecule has 0 saturated carbocycles. The van der Waals surface area contributed by atoms with E-state index in [4.69, 9.17) is 9.26 Å². The second-order valence-corrected chi connectivity index (χ2v) is 7.08. The average molecular weight is 248 g/mol. The van der Waals surface area contributed by atoms with Crippen molar-refractivity contribution in [3.63, 3.8) is 0 Å². The summed E-state index contributed by atoms with van der Waals surface area (Å²) in [5, 5.41) is 0. The minimum atomic E-state index is -2.85. The maximum Gasteiger partial charge on any atom is 0.345 e. The van der Waals surface area contributed by atoms with Crippen molar-refractivity contribution in [3.05, 3.63) is 0 Å². The van der Waals surface area contributed by atoms with E-state index in [2.05, 4.69) is 6.92 Å². The molecule has 0 aromatic carbocycles. The molecular formula is C9H22BN2O3P. The van der Waals surface area contributed by atoms with Gasteiger partial charge in [-0.25, -0.2) is 9.34 Å². The van der Waals surface area contributed by atoms with Crippen molar-refractivity contribution in [3.8, 4) is 0 Å². The summed E-state index contributed by atoms with van der Waals surface area (Å²) in [4.78, 5) is 0. The Morgan fingerprint density at radius 3 is 2.62 bits per heavy atom. The van der Waals surface area contributed by atoms with Gasteiger partial charge in [0.05, 0.1) is 6.10 Å². The second-order valence-electron chi connectivity index (χ2n) is 4.37. The first-order chi connectivity index (χ1) is 7.43. The number of morpholine rings is 1. The van der Waals surface area contributed by atoms with E-state index in [0.29, 0.717) is 13.1 Å². The quantitative estimate of drug-likeness (QED) is 0.531. The van der Waals surface area contributed by atoms with Crippen molar-refractivity contribution in [2.45, 2.75) is 25.5 Å².